The molecule has 6 nitrogen and oxygen atoms in total. The molecule has 0 spiro atoms. The summed E-state index contributed by atoms with van der Waals surface area (Å²) in [7, 11) is 1.33. The van der Waals surface area contributed by atoms with E-state index in [0.717, 1.165) is 10.2 Å². The number of methoxy groups -OCH3 is 1. The molecule has 0 radical (unpaired) electrons. The summed E-state index contributed by atoms with van der Waals surface area (Å²) in [5, 5.41) is 0. The van der Waals surface area contributed by atoms with Gasteiger partial charge in [0.05, 0.1) is 35.0 Å². The van der Waals surface area contributed by atoms with Crippen LogP contribution in [-0.4, -0.2) is 23.6 Å². The fraction of sp³-hybridized carbons (Fsp3) is 0.0800. The summed E-state index contributed by atoms with van der Waals surface area (Å²) < 4.78 is 13.2. The highest BCUT2D eigenvalue weighted by molar-refractivity contribution is 7.16. The summed E-state index contributed by atoms with van der Waals surface area (Å²) in [6.07, 6.45) is 5.54. The predicted octanol–water partition coefficient (Wildman–Crippen LogP) is 4.66. The van der Waals surface area contributed by atoms with Gasteiger partial charge in [0, 0.05) is 0 Å². The molecule has 3 aromatic carbocycles. The van der Waals surface area contributed by atoms with E-state index in [1.54, 1.807) is 47.0 Å². The third-order valence-electron chi connectivity index (χ3n) is 4.64. The fourth-order valence-corrected chi connectivity index (χ4v) is 4.21. The van der Waals surface area contributed by atoms with Crippen molar-refractivity contribution in [3.63, 3.8) is 0 Å². The second-order valence-electron chi connectivity index (χ2n) is 6.68. The first-order valence-corrected chi connectivity index (χ1v) is 10.5. The quantitative estimate of drug-likeness (QED) is 0.333. The van der Waals surface area contributed by atoms with Gasteiger partial charge < -0.3 is 14.0 Å². The number of hydrogen-bond donors (Lipinski definition) is 0. The van der Waals surface area contributed by atoms with Gasteiger partial charge in [-0.3, -0.25) is 4.79 Å². The van der Waals surface area contributed by atoms with E-state index in [1.165, 1.54) is 18.4 Å². The monoisotopic (exact) mass is 442 g/mol. The van der Waals surface area contributed by atoms with Crippen molar-refractivity contribution in [3.8, 4) is 23.8 Å². The van der Waals surface area contributed by atoms with Crippen LogP contribution in [0.4, 0.5) is 0 Å². The minimum atomic E-state index is -0.456. The highest BCUT2D eigenvalue weighted by Gasteiger charge is 2.15. The second kappa shape index (κ2) is 9.33. The molecule has 0 bridgehead atoms. The lowest BCUT2D eigenvalue weighted by molar-refractivity contribution is 0.0600. The van der Waals surface area contributed by atoms with E-state index in [2.05, 4.69) is 10.9 Å². The van der Waals surface area contributed by atoms with Crippen molar-refractivity contribution in [1.29, 1.82) is 0 Å². The molecule has 32 heavy (non-hydrogen) atoms. The number of carbonyl (C=O) groups is 2. The van der Waals surface area contributed by atoms with E-state index in [9.17, 15) is 9.59 Å². The smallest absolute Gasteiger partial charge is 0.337 e. The number of hydrogen-bond acceptors (Lipinski definition) is 5. The summed E-state index contributed by atoms with van der Waals surface area (Å²) >= 11 is 1.27. The first kappa shape index (κ1) is 21.1. The zero-order valence-electron chi connectivity index (χ0n) is 17.1. The number of rotatable bonds is 5. The minimum Gasteiger partial charge on any atom is -0.465 e. The lowest BCUT2D eigenvalue weighted by Crippen LogP contribution is -2.16. The zero-order chi connectivity index (χ0) is 22.5. The fourth-order valence-electron chi connectivity index (χ4n) is 3.14. The van der Waals surface area contributed by atoms with Crippen LogP contribution in [0.5, 0.6) is 11.5 Å². The van der Waals surface area contributed by atoms with Crippen LogP contribution in [0.15, 0.2) is 77.8 Å². The van der Waals surface area contributed by atoms with Gasteiger partial charge >= 0.3 is 5.97 Å². The molecular weight excluding hydrogens is 424 g/mol. The number of terminal acetylenes is 1. The SMILES string of the molecule is C#CCn1c(=NC(=O)c2ccccc2Oc2ccccc2)sc2cc(C(=O)OC)ccc21. The molecule has 4 aromatic rings. The van der Waals surface area contributed by atoms with Gasteiger partial charge in [0.25, 0.3) is 5.91 Å². The Kier molecular flexibility index (Phi) is 6.15. The number of esters is 1. The van der Waals surface area contributed by atoms with Crippen LogP contribution in [0.1, 0.15) is 20.7 Å². The third kappa shape index (κ3) is 4.31. The van der Waals surface area contributed by atoms with E-state index in [1.807, 2.05) is 30.3 Å². The molecule has 0 fully saturated rings. The maximum absolute atomic E-state index is 13.1. The van der Waals surface area contributed by atoms with Crippen LogP contribution in [-0.2, 0) is 11.3 Å². The number of aromatic nitrogens is 1. The molecule has 4 rings (SSSR count). The number of thiazole rings is 1. The first-order chi connectivity index (χ1) is 15.6. The van der Waals surface area contributed by atoms with Gasteiger partial charge in [0.2, 0.25) is 0 Å². The highest BCUT2D eigenvalue weighted by atomic mass is 32.1. The van der Waals surface area contributed by atoms with E-state index in [4.69, 9.17) is 15.9 Å². The number of para-hydroxylation sites is 2. The summed E-state index contributed by atoms with van der Waals surface area (Å²) in [4.78, 5) is 29.7. The molecule has 1 heterocycles. The lowest BCUT2D eigenvalue weighted by atomic mass is 10.2. The maximum Gasteiger partial charge on any atom is 0.337 e. The number of carbonyl (C=O) groups excluding carboxylic acids is 2. The molecule has 1 aromatic heterocycles. The Morgan fingerprint density at radius 3 is 2.56 bits per heavy atom. The van der Waals surface area contributed by atoms with Crippen molar-refractivity contribution in [3.05, 3.63) is 88.7 Å². The largest absolute Gasteiger partial charge is 0.465 e. The minimum absolute atomic E-state index is 0.228. The van der Waals surface area contributed by atoms with Crippen molar-refractivity contribution in [1.82, 2.24) is 4.57 Å². The number of nitrogens with zero attached hydrogens (tertiary/aromatic N) is 2. The zero-order valence-corrected chi connectivity index (χ0v) is 18.0. The lowest BCUT2D eigenvalue weighted by Gasteiger charge is -2.08. The predicted molar refractivity (Wildman–Crippen MR) is 123 cm³/mol. The van der Waals surface area contributed by atoms with Gasteiger partial charge in [-0.1, -0.05) is 47.6 Å². The Bertz CT molecular complexity index is 1410. The Labute approximate surface area is 188 Å². The molecular formula is C25H18N2O4S. The molecule has 0 atom stereocenters. The average molecular weight is 442 g/mol. The number of amides is 1. The van der Waals surface area contributed by atoms with Gasteiger partial charge in [-0.15, -0.1) is 6.42 Å². The number of ether oxygens (including phenoxy) is 2. The van der Waals surface area contributed by atoms with Crippen LogP contribution >= 0.6 is 11.3 Å². The van der Waals surface area contributed by atoms with E-state index in [-0.39, 0.29) is 6.54 Å². The van der Waals surface area contributed by atoms with Gasteiger partial charge in [-0.2, -0.15) is 4.99 Å². The van der Waals surface area contributed by atoms with E-state index in [0.29, 0.717) is 27.4 Å². The third-order valence-corrected chi connectivity index (χ3v) is 5.68. The second-order valence-corrected chi connectivity index (χ2v) is 7.69. The van der Waals surface area contributed by atoms with Crippen molar-refractivity contribution < 1.29 is 19.1 Å². The van der Waals surface area contributed by atoms with E-state index < -0.39 is 11.9 Å². The molecule has 0 aliphatic heterocycles. The van der Waals surface area contributed by atoms with Crippen molar-refractivity contribution in [2.75, 3.05) is 7.11 Å². The average Bonchev–Trinajstić information content (AvgIpc) is 3.15. The Morgan fingerprint density at radius 1 is 1.06 bits per heavy atom. The van der Waals surface area contributed by atoms with Gasteiger partial charge in [0.1, 0.15) is 11.5 Å². The molecule has 0 saturated carbocycles. The Hall–Kier alpha value is -4.15. The normalized spacial score (nSPS) is 11.2. The van der Waals surface area contributed by atoms with E-state index >= 15 is 0 Å². The van der Waals surface area contributed by atoms with Crippen LogP contribution < -0.4 is 9.54 Å². The summed E-state index contributed by atoms with van der Waals surface area (Å²) in [5.41, 5.74) is 1.52. The van der Waals surface area contributed by atoms with Gasteiger partial charge in [-0.05, 0) is 42.5 Å². The summed E-state index contributed by atoms with van der Waals surface area (Å²) in [6, 6.07) is 21.3. The maximum atomic E-state index is 13.1. The molecule has 158 valence electrons. The summed E-state index contributed by atoms with van der Waals surface area (Å²) in [5.74, 6) is 2.72. The van der Waals surface area contributed by atoms with Crippen LogP contribution in [0, 0.1) is 12.3 Å². The standard InChI is InChI=1S/C25H18N2O4S/c1-3-15-27-20-14-13-17(24(29)30-2)16-22(20)32-25(27)26-23(28)19-11-7-8-12-21(19)31-18-9-5-4-6-10-18/h1,4-14,16H,15H2,2H3. The molecule has 0 aliphatic carbocycles. The molecule has 1 amide bonds. The van der Waals surface area contributed by atoms with Gasteiger partial charge in [-0.25, -0.2) is 4.79 Å². The van der Waals surface area contributed by atoms with Gasteiger partial charge in [0.15, 0.2) is 4.80 Å². The topological polar surface area (TPSA) is 69.9 Å². The molecule has 0 N–H and O–H groups in total. The Morgan fingerprint density at radius 2 is 1.81 bits per heavy atom. The van der Waals surface area contributed by atoms with Crippen molar-refractivity contribution >= 4 is 33.4 Å². The number of benzene rings is 3. The Balaban J connectivity index is 1.77. The van der Waals surface area contributed by atoms with Crippen LogP contribution in [0.3, 0.4) is 0 Å². The number of fused-ring (bicyclic) bond motifs is 1. The highest BCUT2D eigenvalue weighted by Crippen LogP contribution is 2.26. The molecule has 0 unspecified atom stereocenters. The first-order valence-electron chi connectivity index (χ1n) is 9.67. The van der Waals surface area contributed by atoms with Crippen molar-refractivity contribution in [2.45, 2.75) is 6.54 Å². The molecule has 0 aliphatic rings. The van der Waals surface area contributed by atoms with Crippen LogP contribution in [0.2, 0.25) is 0 Å². The molecule has 0 saturated heterocycles. The van der Waals surface area contributed by atoms with Crippen LogP contribution in [0.25, 0.3) is 10.2 Å². The molecule has 7 heteroatoms. The summed E-state index contributed by atoms with van der Waals surface area (Å²) in [6.45, 7) is 0.228. The van der Waals surface area contributed by atoms with Crippen molar-refractivity contribution in [2.24, 2.45) is 4.99 Å².